The third-order valence-electron chi connectivity index (χ3n) is 6.61. The van der Waals surface area contributed by atoms with Crippen molar-refractivity contribution in [2.45, 2.75) is 31.9 Å². The van der Waals surface area contributed by atoms with Crippen LogP contribution < -0.4 is 9.47 Å². The lowest BCUT2D eigenvalue weighted by Gasteiger charge is -2.25. The summed E-state index contributed by atoms with van der Waals surface area (Å²) in [5.41, 5.74) is 2.17. The van der Waals surface area contributed by atoms with Crippen molar-refractivity contribution in [3.05, 3.63) is 95.1 Å². The van der Waals surface area contributed by atoms with Gasteiger partial charge in [0.25, 0.3) is 11.7 Å². The van der Waals surface area contributed by atoms with Crippen LogP contribution in [0.3, 0.4) is 0 Å². The predicted octanol–water partition coefficient (Wildman–Crippen LogP) is 5.26. The van der Waals surface area contributed by atoms with E-state index in [9.17, 15) is 14.7 Å². The highest BCUT2D eigenvalue weighted by molar-refractivity contribution is 6.46. The highest BCUT2D eigenvalue weighted by Gasteiger charge is 2.46. The molecule has 2 atom stereocenters. The Balaban J connectivity index is 1.57. The van der Waals surface area contributed by atoms with E-state index in [0.29, 0.717) is 48.6 Å². The van der Waals surface area contributed by atoms with Crippen LogP contribution in [-0.4, -0.2) is 48.1 Å². The van der Waals surface area contributed by atoms with Crippen LogP contribution in [0.1, 0.15) is 36.1 Å². The summed E-state index contributed by atoms with van der Waals surface area (Å²) >= 11 is 0. The molecule has 1 saturated heterocycles. The molecular formula is C30H29NO6. The zero-order valence-electron chi connectivity index (χ0n) is 20.8. The second kappa shape index (κ2) is 10.5. The van der Waals surface area contributed by atoms with E-state index in [4.69, 9.17) is 14.2 Å². The number of para-hydroxylation sites is 1. The van der Waals surface area contributed by atoms with E-state index >= 15 is 0 Å². The van der Waals surface area contributed by atoms with E-state index in [2.05, 4.69) is 0 Å². The number of aliphatic hydroxyl groups excluding tert-OH is 1. The topological polar surface area (TPSA) is 85.3 Å². The molecule has 0 radical (unpaired) electrons. The Kier molecular flexibility index (Phi) is 6.97. The fourth-order valence-corrected chi connectivity index (χ4v) is 4.93. The molecule has 2 aliphatic heterocycles. The Morgan fingerprint density at radius 3 is 2.59 bits per heavy atom. The number of Topliss-reactive ketones (excluding diaryl/α,β-unsaturated/α-hetero) is 1. The van der Waals surface area contributed by atoms with Crippen molar-refractivity contribution >= 4 is 17.4 Å². The van der Waals surface area contributed by atoms with Gasteiger partial charge in [0, 0.05) is 32.2 Å². The van der Waals surface area contributed by atoms with Crippen molar-refractivity contribution < 1.29 is 28.9 Å². The number of ketones is 1. The number of ether oxygens (including phenoxy) is 3. The monoisotopic (exact) mass is 499 g/mol. The average molecular weight is 500 g/mol. The molecule has 37 heavy (non-hydrogen) atoms. The normalized spacial score (nSPS) is 20.1. The fourth-order valence-electron chi connectivity index (χ4n) is 4.93. The highest BCUT2D eigenvalue weighted by Crippen LogP contribution is 2.41. The maximum absolute atomic E-state index is 13.3. The van der Waals surface area contributed by atoms with Crippen molar-refractivity contribution in [3.63, 3.8) is 0 Å². The number of methoxy groups -OCH3 is 1. The van der Waals surface area contributed by atoms with E-state index in [-0.39, 0.29) is 17.4 Å². The fraction of sp³-hybridized carbons (Fsp3) is 0.267. The number of amides is 1. The van der Waals surface area contributed by atoms with E-state index < -0.39 is 17.7 Å². The predicted molar refractivity (Wildman–Crippen MR) is 139 cm³/mol. The number of aliphatic hydroxyl groups is 1. The number of likely N-dealkylation sites (tertiary alicyclic amines) is 1. The van der Waals surface area contributed by atoms with Gasteiger partial charge in [-0.25, -0.2) is 0 Å². The SMILES string of the molecule is COCCCN1C(=O)C(=O)C(=C(O)c2ccc3c(c2)C[C@@H](C)O3)[C@H]1c1cccc(Oc2ccccc2)c1. The lowest BCUT2D eigenvalue weighted by atomic mass is 9.94. The summed E-state index contributed by atoms with van der Waals surface area (Å²) in [6.07, 6.45) is 1.31. The molecule has 0 saturated carbocycles. The summed E-state index contributed by atoms with van der Waals surface area (Å²) in [5.74, 6) is 0.452. The van der Waals surface area contributed by atoms with Crippen LogP contribution >= 0.6 is 0 Å². The van der Waals surface area contributed by atoms with Crippen LogP contribution in [0.25, 0.3) is 5.76 Å². The minimum absolute atomic E-state index is 0.0473. The number of rotatable bonds is 8. The Morgan fingerprint density at radius 2 is 1.81 bits per heavy atom. The lowest BCUT2D eigenvalue weighted by molar-refractivity contribution is -0.140. The number of fused-ring (bicyclic) bond motifs is 1. The van der Waals surface area contributed by atoms with Gasteiger partial charge < -0.3 is 24.2 Å². The van der Waals surface area contributed by atoms with Gasteiger partial charge in [-0.05, 0) is 66.9 Å². The van der Waals surface area contributed by atoms with Gasteiger partial charge >= 0.3 is 0 Å². The Morgan fingerprint density at radius 1 is 1.03 bits per heavy atom. The summed E-state index contributed by atoms with van der Waals surface area (Å²) in [7, 11) is 1.59. The largest absolute Gasteiger partial charge is 0.507 e. The first-order valence-corrected chi connectivity index (χ1v) is 12.4. The van der Waals surface area contributed by atoms with Crippen molar-refractivity contribution in [1.29, 1.82) is 0 Å². The molecule has 5 rings (SSSR count). The zero-order chi connectivity index (χ0) is 25.9. The van der Waals surface area contributed by atoms with Gasteiger partial charge in [-0.3, -0.25) is 9.59 Å². The van der Waals surface area contributed by atoms with Crippen LogP contribution in [-0.2, 0) is 20.7 Å². The molecule has 3 aromatic carbocycles. The minimum atomic E-state index is -0.764. The quantitative estimate of drug-likeness (QED) is 0.197. The van der Waals surface area contributed by atoms with Crippen molar-refractivity contribution in [1.82, 2.24) is 4.90 Å². The van der Waals surface area contributed by atoms with Gasteiger partial charge in [0.2, 0.25) is 0 Å². The third-order valence-corrected chi connectivity index (χ3v) is 6.61. The molecule has 1 fully saturated rings. The molecule has 3 aromatic rings. The minimum Gasteiger partial charge on any atom is -0.507 e. The molecule has 1 N–H and O–H groups in total. The van der Waals surface area contributed by atoms with E-state index in [0.717, 1.165) is 11.3 Å². The van der Waals surface area contributed by atoms with Gasteiger partial charge in [-0.1, -0.05) is 30.3 Å². The standard InChI is InChI=1S/C30H29NO6/c1-19-16-22-17-21(12-13-25(22)36-19)28(32)26-27(31(14-7-15-35-2)30(34)29(26)33)20-8-6-11-24(18-20)37-23-9-4-3-5-10-23/h3-6,8-13,17-19,27,32H,7,14-16H2,1-2H3/t19-,27-/m1/s1. The van der Waals surface area contributed by atoms with Crippen LogP contribution in [0.15, 0.2) is 78.4 Å². The van der Waals surface area contributed by atoms with Crippen molar-refractivity contribution in [2.75, 3.05) is 20.3 Å². The summed E-state index contributed by atoms with van der Waals surface area (Å²) in [4.78, 5) is 28.0. The average Bonchev–Trinajstić information content (AvgIpc) is 3.40. The molecule has 190 valence electrons. The molecule has 0 aliphatic carbocycles. The maximum atomic E-state index is 13.3. The smallest absolute Gasteiger partial charge is 0.295 e. The number of benzene rings is 3. The van der Waals surface area contributed by atoms with Crippen LogP contribution in [0, 0.1) is 0 Å². The third kappa shape index (κ3) is 4.95. The van der Waals surface area contributed by atoms with Gasteiger partial charge in [0.05, 0.1) is 11.6 Å². The number of hydrogen-bond acceptors (Lipinski definition) is 6. The van der Waals surface area contributed by atoms with Crippen molar-refractivity contribution in [3.8, 4) is 17.2 Å². The lowest BCUT2D eigenvalue weighted by Crippen LogP contribution is -2.31. The van der Waals surface area contributed by atoms with E-state index in [1.54, 1.807) is 25.3 Å². The summed E-state index contributed by atoms with van der Waals surface area (Å²) in [6.45, 7) is 2.73. The zero-order valence-corrected chi connectivity index (χ0v) is 20.8. The van der Waals surface area contributed by atoms with Crippen molar-refractivity contribution in [2.24, 2.45) is 0 Å². The number of nitrogens with zero attached hydrogens (tertiary/aromatic N) is 1. The van der Waals surface area contributed by atoms with Crippen LogP contribution in [0.5, 0.6) is 17.2 Å². The Labute approximate surface area is 215 Å². The molecule has 7 heteroatoms. The second-order valence-corrected chi connectivity index (χ2v) is 9.28. The van der Waals surface area contributed by atoms with Crippen LogP contribution in [0.2, 0.25) is 0 Å². The molecule has 7 nitrogen and oxygen atoms in total. The van der Waals surface area contributed by atoms with Gasteiger partial charge in [-0.15, -0.1) is 0 Å². The number of hydrogen-bond donors (Lipinski definition) is 1. The Bertz CT molecular complexity index is 1350. The molecule has 2 aliphatic rings. The summed E-state index contributed by atoms with van der Waals surface area (Å²) in [6, 6.07) is 21.2. The first-order valence-electron chi connectivity index (χ1n) is 12.4. The summed E-state index contributed by atoms with van der Waals surface area (Å²) < 4.78 is 17.0. The molecule has 0 spiro atoms. The maximum Gasteiger partial charge on any atom is 0.295 e. The summed E-state index contributed by atoms with van der Waals surface area (Å²) in [5, 5.41) is 11.4. The molecule has 0 aromatic heterocycles. The van der Waals surface area contributed by atoms with E-state index in [1.165, 1.54) is 4.90 Å². The highest BCUT2D eigenvalue weighted by atomic mass is 16.5. The van der Waals surface area contributed by atoms with Gasteiger partial charge in [0.15, 0.2) is 0 Å². The molecule has 1 amide bonds. The second-order valence-electron chi connectivity index (χ2n) is 9.28. The van der Waals surface area contributed by atoms with Crippen LogP contribution in [0.4, 0.5) is 0 Å². The number of carbonyl (C=O) groups excluding carboxylic acids is 2. The first kappa shape index (κ1) is 24.6. The van der Waals surface area contributed by atoms with E-state index in [1.807, 2.05) is 61.5 Å². The molecular weight excluding hydrogens is 470 g/mol. The first-order chi connectivity index (χ1) is 18.0. The molecule has 0 unspecified atom stereocenters. The molecule has 2 heterocycles. The Hall–Kier alpha value is -4.10. The molecule has 0 bridgehead atoms. The number of carbonyl (C=O) groups is 2. The van der Waals surface area contributed by atoms with Gasteiger partial charge in [0.1, 0.15) is 29.1 Å². The van der Waals surface area contributed by atoms with Gasteiger partial charge in [-0.2, -0.15) is 0 Å².